The number of hydrogen-bond acceptors (Lipinski definition) is 5. The third-order valence-corrected chi connectivity index (χ3v) is 3.34. The van der Waals surface area contributed by atoms with Crippen molar-refractivity contribution in [3.05, 3.63) is 40.0 Å². The summed E-state index contributed by atoms with van der Waals surface area (Å²) in [6.45, 7) is 1.73. The predicted molar refractivity (Wildman–Crippen MR) is 77.0 cm³/mol. The van der Waals surface area contributed by atoms with Gasteiger partial charge in [-0.3, -0.25) is 5.43 Å². The van der Waals surface area contributed by atoms with Crippen LogP contribution in [0.5, 0.6) is 0 Å². The van der Waals surface area contributed by atoms with Gasteiger partial charge in [0, 0.05) is 16.2 Å². The summed E-state index contributed by atoms with van der Waals surface area (Å²) in [6, 6.07) is 3.32. The molecule has 0 bridgehead atoms. The Morgan fingerprint density at radius 3 is 2.62 bits per heavy atom. The third kappa shape index (κ3) is 3.61. The Kier molecular flexibility index (Phi) is 4.33. The molecule has 0 aliphatic heterocycles. The van der Waals surface area contributed by atoms with E-state index in [-0.39, 0.29) is 11.6 Å². The number of rotatable bonds is 3. The molecule has 0 fully saturated rings. The number of benzene rings is 1. The molecular formula is C12H11BrF3N5. The van der Waals surface area contributed by atoms with Crippen LogP contribution in [0.4, 0.5) is 30.6 Å². The molecule has 21 heavy (non-hydrogen) atoms. The van der Waals surface area contributed by atoms with Crippen molar-refractivity contribution in [2.75, 3.05) is 10.7 Å². The Labute approximate surface area is 126 Å². The van der Waals surface area contributed by atoms with Crippen LogP contribution in [0.1, 0.15) is 11.1 Å². The van der Waals surface area contributed by atoms with Crippen LogP contribution >= 0.6 is 15.9 Å². The first kappa shape index (κ1) is 15.5. The lowest BCUT2D eigenvalue weighted by Gasteiger charge is -2.13. The van der Waals surface area contributed by atoms with Crippen LogP contribution in [-0.2, 0) is 6.18 Å². The average Bonchev–Trinajstić information content (AvgIpc) is 2.42. The molecule has 5 nitrogen and oxygen atoms in total. The molecule has 1 aromatic carbocycles. The lowest BCUT2D eigenvalue weighted by atomic mass is 10.2. The molecule has 2 rings (SSSR count). The van der Waals surface area contributed by atoms with Crippen molar-refractivity contribution < 1.29 is 13.2 Å². The quantitative estimate of drug-likeness (QED) is 0.575. The molecule has 112 valence electrons. The van der Waals surface area contributed by atoms with Crippen LogP contribution in [0, 0.1) is 6.92 Å². The summed E-state index contributed by atoms with van der Waals surface area (Å²) in [5.74, 6) is 5.73. The van der Waals surface area contributed by atoms with Gasteiger partial charge in [-0.2, -0.15) is 18.2 Å². The normalized spacial score (nSPS) is 11.3. The highest BCUT2D eigenvalue weighted by Gasteiger charge is 2.31. The molecule has 0 amide bonds. The summed E-state index contributed by atoms with van der Waals surface area (Å²) >= 11 is 3.20. The maximum atomic E-state index is 12.7. The van der Waals surface area contributed by atoms with E-state index in [4.69, 9.17) is 5.84 Å². The smallest absolute Gasteiger partial charge is 0.339 e. The SMILES string of the molecule is Cc1cnc(NN)nc1Nc1cc(C(F)(F)F)ccc1Br. The van der Waals surface area contributed by atoms with Gasteiger partial charge in [0.2, 0.25) is 5.95 Å². The van der Waals surface area contributed by atoms with Crippen molar-refractivity contribution in [3.63, 3.8) is 0 Å². The van der Waals surface area contributed by atoms with E-state index in [0.717, 1.165) is 12.1 Å². The maximum absolute atomic E-state index is 12.7. The van der Waals surface area contributed by atoms with E-state index in [1.54, 1.807) is 6.92 Å². The first-order chi connectivity index (χ1) is 9.81. The van der Waals surface area contributed by atoms with E-state index in [2.05, 4.69) is 36.6 Å². The van der Waals surface area contributed by atoms with Gasteiger partial charge in [-0.1, -0.05) is 0 Å². The molecule has 0 unspecified atom stereocenters. The number of hydrogen-bond donors (Lipinski definition) is 3. The minimum Gasteiger partial charge on any atom is -0.339 e. The first-order valence-electron chi connectivity index (χ1n) is 5.75. The third-order valence-electron chi connectivity index (χ3n) is 2.65. The number of nitrogens with two attached hydrogens (primary N) is 1. The summed E-state index contributed by atoms with van der Waals surface area (Å²) in [6.07, 6.45) is -2.91. The van der Waals surface area contributed by atoms with E-state index >= 15 is 0 Å². The van der Waals surface area contributed by atoms with Crippen molar-refractivity contribution in [3.8, 4) is 0 Å². The average molecular weight is 362 g/mol. The number of aromatic nitrogens is 2. The lowest BCUT2D eigenvalue weighted by Crippen LogP contribution is -2.12. The van der Waals surface area contributed by atoms with E-state index in [0.29, 0.717) is 15.9 Å². The Morgan fingerprint density at radius 1 is 1.29 bits per heavy atom. The van der Waals surface area contributed by atoms with Crippen LogP contribution in [0.25, 0.3) is 0 Å². The van der Waals surface area contributed by atoms with Crippen molar-refractivity contribution >= 4 is 33.4 Å². The van der Waals surface area contributed by atoms with E-state index in [9.17, 15) is 13.2 Å². The molecule has 0 spiro atoms. The van der Waals surface area contributed by atoms with Crippen LogP contribution in [0.15, 0.2) is 28.9 Å². The van der Waals surface area contributed by atoms with Crippen molar-refractivity contribution in [1.82, 2.24) is 9.97 Å². The molecule has 0 saturated heterocycles. The van der Waals surface area contributed by atoms with Crippen molar-refractivity contribution in [2.24, 2.45) is 5.84 Å². The van der Waals surface area contributed by atoms with Crippen LogP contribution in [0.3, 0.4) is 0 Å². The second kappa shape index (κ2) is 5.86. The molecule has 9 heteroatoms. The Hall–Kier alpha value is -1.87. The number of nitrogens with zero attached hydrogens (tertiary/aromatic N) is 2. The fourth-order valence-electron chi connectivity index (χ4n) is 1.56. The number of nitrogens with one attached hydrogen (secondary N) is 2. The van der Waals surface area contributed by atoms with Gasteiger partial charge in [0.1, 0.15) is 5.82 Å². The number of halogens is 4. The van der Waals surface area contributed by atoms with Crippen molar-refractivity contribution in [2.45, 2.75) is 13.1 Å². The summed E-state index contributed by atoms with van der Waals surface area (Å²) in [7, 11) is 0. The molecule has 0 radical (unpaired) electrons. The number of aryl methyl sites for hydroxylation is 1. The zero-order valence-electron chi connectivity index (χ0n) is 10.8. The largest absolute Gasteiger partial charge is 0.416 e. The number of anilines is 3. The van der Waals surface area contributed by atoms with Gasteiger partial charge >= 0.3 is 6.18 Å². The first-order valence-corrected chi connectivity index (χ1v) is 6.54. The van der Waals surface area contributed by atoms with E-state index < -0.39 is 11.7 Å². The summed E-state index contributed by atoms with van der Waals surface area (Å²) in [5, 5.41) is 2.83. The molecular weight excluding hydrogens is 351 g/mol. The second-order valence-electron chi connectivity index (χ2n) is 4.19. The van der Waals surface area contributed by atoms with Gasteiger partial charge in [0.05, 0.1) is 11.3 Å². The molecule has 0 aliphatic carbocycles. The van der Waals surface area contributed by atoms with Crippen LogP contribution in [-0.4, -0.2) is 9.97 Å². The van der Waals surface area contributed by atoms with Crippen molar-refractivity contribution in [1.29, 1.82) is 0 Å². The molecule has 0 atom stereocenters. The Bertz CT molecular complexity index is 660. The summed E-state index contributed by atoms with van der Waals surface area (Å²) in [5.41, 5.74) is 2.43. The van der Waals surface area contributed by atoms with E-state index in [1.165, 1.54) is 12.3 Å². The topological polar surface area (TPSA) is 75.9 Å². The molecule has 1 heterocycles. The zero-order valence-corrected chi connectivity index (χ0v) is 12.4. The number of nitrogen functional groups attached to an aromatic ring is 1. The monoisotopic (exact) mass is 361 g/mol. The van der Waals surface area contributed by atoms with Gasteiger partial charge in [-0.25, -0.2) is 10.8 Å². The minimum atomic E-state index is -4.41. The Balaban J connectivity index is 2.39. The number of alkyl halides is 3. The Morgan fingerprint density at radius 2 is 2.00 bits per heavy atom. The molecule has 2 aromatic rings. The summed E-state index contributed by atoms with van der Waals surface area (Å²) in [4.78, 5) is 7.96. The maximum Gasteiger partial charge on any atom is 0.416 e. The molecule has 0 saturated carbocycles. The van der Waals surface area contributed by atoms with Crippen LogP contribution in [0.2, 0.25) is 0 Å². The summed E-state index contributed by atoms with van der Waals surface area (Å²) < 4.78 is 38.7. The lowest BCUT2D eigenvalue weighted by molar-refractivity contribution is -0.137. The predicted octanol–water partition coefficient (Wildman–Crippen LogP) is 3.60. The van der Waals surface area contributed by atoms with Crippen LogP contribution < -0.4 is 16.6 Å². The minimum absolute atomic E-state index is 0.159. The highest BCUT2D eigenvalue weighted by Crippen LogP contribution is 2.35. The van der Waals surface area contributed by atoms with Gasteiger partial charge < -0.3 is 5.32 Å². The molecule has 1 aromatic heterocycles. The molecule has 0 aliphatic rings. The fraction of sp³-hybridized carbons (Fsp3) is 0.167. The standard InChI is InChI=1S/C12H11BrF3N5/c1-6-5-18-11(21-17)20-10(6)19-9-4-7(12(14,15)16)2-3-8(9)13/h2-5H,17H2,1H3,(H2,18,19,20,21). The zero-order chi connectivity index (χ0) is 15.6. The van der Waals surface area contributed by atoms with Gasteiger partial charge in [0.15, 0.2) is 0 Å². The number of hydrazine groups is 1. The highest BCUT2D eigenvalue weighted by molar-refractivity contribution is 9.10. The second-order valence-corrected chi connectivity index (χ2v) is 5.04. The van der Waals surface area contributed by atoms with E-state index in [1.807, 2.05) is 0 Å². The molecule has 4 N–H and O–H groups in total. The van der Waals surface area contributed by atoms with Gasteiger partial charge in [-0.15, -0.1) is 0 Å². The fourth-order valence-corrected chi connectivity index (χ4v) is 1.91. The van der Waals surface area contributed by atoms with Gasteiger partial charge in [0.25, 0.3) is 0 Å². The highest BCUT2D eigenvalue weighted by atomic mass is 79.9. The van der Waals surface area contributed by atoms with Gasteiger partial charge in [-0.05, 0) is 41.1 Å².